The van der Waals surface area contributed by atoms with E-state index in [2.05, 4.69) is 4.72 Å². The molecule has 0 amide bonds. The van der Waals surface area contributed by atoms with E-state index in [1.165, 1.54) is 6.07 Å². The molecule has 2 unspecified atom stereocenters. The summed E-state index contributed by atoms with van der Waals surface area (Å²) in [5.74, 6) is -0.644. The lowest BCUT2D eigenvalue weighted by Gasteiger charge is -2.29. The molecule has 7 heteroatoms. The van der Waals surface area contributed by atoms with Crippen LogP contribution in [0.1, 0.15) is 25.7 Å². The van der Waals surface area contributed by atoms with Crippen LogP contribution in [0, 0.1) is 5.82 Å². The highest BCUT2D eigenvalue weighted by molar-refractivity contribution is 7.89. The summed E-state index contributed by atoms with van der Waals surface area (Å²) in [5, 5.41) is -0.212. The Balaban J connectivity index is 2.19. The van der Waals surface area contributed by atoms with Crippen LogP contribution in [-0.4, -0.2) is 20.5 Å². The van der Waals surface area contributed by atoms with Gasteiger partial charge in [-0.3, -0.25) is 0 Å². The molecule has 1 aromatic rings. The molecular formula is C12H16ClFN2O2S. The lowest BCUT2D eigenvalue weighted by Crippen LogP contribution is -2.49. The first-order valence-electron chi connectivity index (χ1n) is 6.13. The van der Waals surface area contributed by atoms with Gasteiger partial charge in [0.25, 0.3) is 0 Å². The molecule has 0 aromatic heterocycles. The van der Waals surface area contributed by atoms with Gasteiger partial charge in [0.2, 0.25) is 10.0 Å². The van der Waals surface area contributed by atoms with Crippen LogP contribution in [0.3, 0.4) is 0 Å². The number of rotatable bonds is 3. The second kappa shape index (κ2) is 5.75. The predicted molar refractivity (Wildman–Crippen MR) is 72.0 cm³/mol. The van der Waals surface area contributed by atoms with Crippen molar-refractivity contribution in [1.82, 2.24) is 4.72 Å². The summed E-state index contributed by atoms with van der Waals surface area (Å²) in [4.78, 5) is -0.0447. The number of nitrogens with one attached hydrogen (secondary N) is 1. The minimum atomic E-state index is -3.71. The molecule has 1 aromatic carbocycles. The predicted octanol–water partition coefficient (Wildman–Crippen LogP) is 2.03. The van der Waals surface area contributed by atoms with Gasteiger partial charge in [-0.05, 0) is 31.0 Å². The third-order valence-corrected chi connectivity index (χ3v) is 5.10. The second-order valence-corrected chi connectivity index (χ2v) is 6.87. The highest BCUT2D eigenvalue weighted by Gasteiger charge is 2.27. The van der Waals surface area contributed by atoms with Crippen LogP contribution in [0.25, 0.3) is 0 Å². The number of sulfonamides is 1. The van der Waals surface area contributed by atoms with Crippen molar-refractivity contribution in [3.05, 3.63) is 29.0 Å². The molecule has 0 heterocycles. The zero-order valence-electron chi connectivity index (χ0n) is 10.3. The number of hydrogen-bond acceptors (Lipinski definition) is 3. The van der Waals surface area contributed by atoms with E-state index in [0.717, 1.165) is 37.8 Å². The Bertz CT molecular complexity index is 565. The van der Waals surface area contributed by atoms with Crippen molar-refractivity contribution in [2.45, 2.75) is 42.7 Å². The molecule has 106 valence electrons. The van der Waals surface area contributed by atoms with E-state index in [4.69, 9.17) is 17.3 Å². The SMILES string of the molecule is NC1CCCCC1NS(=O)(=O)c1ccc(F)c(Cl)c1. The molecule has 2 atom stereocenters. The van der Waals surface area contributed by atoms with Crippen LogP contribution in [0.2, 0.25) is 5.02 Å². The molecule has 0 radical (unpaired) electrons. The molecule has 0 bridgehead atoms. The molecule has 2 rings (SSSR count). The van der Waals surface area contributed by atoms with Gasteiger partial charge in [0.1, 0.15) is 5.82 Å². The fraction of sp³-hybridized carbons (Fsp3) is 0.500. The minimum Gasteiger partial charge on any atom is -0.326 e. The minimum absolute atomic E-state index is 0.0447. The Morgan fingerprint density at radius 1 is 1.32 bits per heavy atom. The van der Waals surface area contributed by atoms with Crippen molar-refractivity contribution in [3.63, 3.8) is 0 Å². The van der Waals surface area contributed by atoms with Crippen molar-refractivity contribution < 1.29 is 12.8 Å². The zero-order chi connectivity index (χ0) is 14.0. The van der Waals surface area contributed by atoms with Gasteiger partial charge in [0.05, 0.1) is 9.92 Å². The van der Waals surface area contributed by atoms with Crippen LogP contribution in [0.15, 0.2) is 23.1 Å². The fourth-order valence-corrected chi connectivity index (χ4v) is 3.81. The maximum atomic E-state index is 13.0. The average molecular weight is 307 g/mol. The van der Waals surface area contributed by atoms with Crippen LogP contribution in [-0.2, 0) is 10.0 Å². The molecule has 1 aliphatic carbocycles. The summed E-state index contributed by atoms with van der Waals surface area (Å²) < 4.78 is 39.9. The van der Waals surface area contributed by atoms with Gasteiger partial charge in [0, 0.05) is 12.1 Å². The highest BCUT2D eigenvalue weighted by Crippen LogP contribution is 2.22. The second-order valence-electron chi connectivity index (χ2n) is 4.75. The Morgan fingerprint density at radius 2 is 2.00 bits per heavy atom. The Kier molecular flexibility index (Phi) is 4.45. The third-order valence-electron chi connectivity index (χ3n) is 3.33. The van der Waals surface area contributed by atoms with Crippen LogP contribution >= 0.6 is 11.6 Å². The molecular weight excluding hydrogens is 291 g/mol. The normalized spacial score (nSPS) is 24.4. The molecule has 3 N–H and O–H groups in total. The number of hydrogen-bond donors (Lipinski definition) is 2. The van der Waals surface area contributed by atoms with Crippen molar-refractivity contribution in [2.24, 2.45) is 5.73 Å². The quantitative estimate of drug-likeness (QED) is 0.897. The first-order chi connectivity index (χ1) is 8.90. The number of halogens is 2. The first kappa shape index (κ1) is 14.7. The number of benzene rings is 1. The highest BCUT2D eigenvalue weighted by atomic mass is 35.5. The van der Waals surface area contributed by atoms with Gasteiger partial charge in [-0.2, -0.15) is 0 Å². The van der Waals surface area contributed by atoms with Gasteiger partial charge >= 0.3 is 0 Å². The van der Waals surface area contributed by atoms with E-state index in [1.54, 1.807) is 0 Å². The molecule has 4 nitrogen and oxygen atoms in total. The summed E-state index contributed by atoms with van der Waals surface area (Å²) >= 11 is 5.60. The van der Waals surface area contributed by atoms with E-state index in [-0.39, 0.29) is 22.0 Å². The Labute approximate surface area is 117 Å². The maximum Gasteiger partial charge on any atom is 0.240 e. The van der Waals surface area contributed by atoms with Gasteiger partial charge in [0.15, 0.2) is 0 Å². The largest absolute Gasteiger partial charge is 0.326 e. The summed E-state index contributed by atoms with van der Waals surface area (Å²) in [6, 6.07) is 2.88. The van der Waals surface area contributed by atoms with Gasteiger partial charge in [-0.1, -0.05) is 24.4 Å². The molecule has 0 saturated heterocycles. The van der Waals surface area contributed by atoms with E-state index >= 15 is 0 Å². The third kappa shape index (κ3) is 3.45. The zero-order valence-corrected chi connectivity index (χ0v) is 11.8. The summed E-state index contributed by atoms with van der Waals surface area (Å²) in [7, 11) is -3.71. The van der Waals surface area contributed by atoms with Gasteiger partial charge in [-0.15, -0.1) is 0 Å². The van der Waals surface area contributed by atoms with Crippen LogP contribution in [0.5, 0.6) is 0 Å². The van der Waals surface area contributed by atoms with E-state index < -0.39 is 15.8 Å². The molecule has 0 spiro atoms. The molecule has 19 heavy (non-hydrogen) atoms. The van der Waals surface area contributed by atoms with E-state index in [0.29, 0.717) is 0 Å². The van der Waals surface area contributed by atoms with Gasteiger partial charge < -0.3 is 5.73 Å². The molecule has 1 aliphatic rings. The lowest BCUT2D eigenvalue weighted by atomic mass is 9.92. The summed E-state index contributed by atoms with van der Waals surface area (Å²) in [6.45, 7) is 0. The number of nitrogens with two attached hydrogens (primary N) is 1. The van der Waals surface area contributed by atoms with Gasteiger partial charge in [-0.25, -0.2) is 17.5 Å². The molecule has 1 fully saturated rings. The maximum absolute atomic E-state index is 13.0. The van der Waals surface area contributed by atoms with Crippen molar-refractivity contribution in [1.29, 1.82) is 0 Å². The monoisotopic (exact) mass is 306 g/mol. The van der Waals surface area contributed by atoms with Crippen LogP contribution in [0.4, 0.5) is 4.39 Å². The van der Waals surface area contributed by atoms with E-state index in [1.807, 2.05) is 0 Å². The fourth-order valence-electron chi connectivity index (χ4n) is 2.22. The standard InChI is InChI=1S/C12H16ClFN2O2S/c13-9-7-8(5-6-10(9)14)19(17,18)16-12-4-2-1-3-11(12)15/h5-7,11-12,16H,1-4,15H2. The molecule has 0 aliphatic heterocycles. The Hall–Kier alpha value is -0.690. The van der Waals surface area contributed by atoms with E-state index in [9.17, 15) is 12.8 Å². The van der Waals surface area contributed by atoms with Crippen LogP contribution < -0.4 is 10.5 Å². The smallest absolute Gasteiger partial charge is 0.240 e. The van der Waals surface area contributed by atoms with Crippen molar-refractivity contribution >= 4 is 21.6 Å². The topological polar surface area (TPSA) is 72.2 Å². The van der Waals surface area contributed by atoms with Crippen molar-refractivity contribution in [2.75, 3.05) is 0 Å². The Morgan fingerprint density at radius 3 is 2.63 bits per heavy atom. The molecule has 1 saturated carbocycles. The summed E-state index contributed by atoms with van der Waals surface area (Å²) in [5.41, 5.74) is 5.91. The lowest BCUT2D eigenvalue weighted by molar-refractivity contribution is 0.361. The average Bonchev–Trinajstić information content (AvgIpc) is 2.35. The summed E-state index contributed by atoms with van der Waals surface area (Å²) in [6.07, 6.45) is 3.49. The van der Waals surface area contributed by atoms with Crippen molar-refractivity contribution in [3.8, 4) is 0 Å². The first-order valence-corrected chi connectivity index (χ1v) is 7.99.